The van der Waals surface area contributed by atoms with E-state index in [2.05, 4.69) is 60.6 Å². The third kappa shape index (κ3) is 6.05. The van der Waals surface area contributed by atoms with Crippen LogP contribution in [0.1, 0.15) is 57.6 Å². The molecule has 150 valence electrons. The van der Waals surface area contributed by atoms with Crippen molar-refractivity contribution in [3.63, 3.8) is 0 Å². The van der Waals surface area contributed by atoms with E-state index >= 15 is 0 Å². The van der Waals surface area contributed by atoms with Crippen molar-refractivity contribution < 1.29 is 4.79 Å². The molecule has 1 fully saturated rings. The van der Waals surface area contributed by atoms with Crippen molar-refractivity contribution in [2.45, 2.75) is 65.5 Å². The topological polar surface area (TPSA) is 44.4 Å². The molecule has 4 heteroatoms. The SMILES string of the molecule is CC(C)(C)C(CN1CCc2ccccc2C1)NC(=O)CCC1CCNCC1. The fraction of sp³-hybridized carbons (Fsp3) is 0.696. The highest BCUT2D eigenvalue weighted by molar-refractivity contribution is 5.76. The zero-order valence-corrected chi connectivity index (χ0v) is 17.4. The Labute approximate surface area is 165 Å². The summed E-state index contributed by atoms with van der Waals surface area (Å²) in [6.45, 7) is 11.9. The molecule has 1 amide bonds. The Morgan fingerprint density at radius 3 is 2.63 bits per heavy atom. The Hall–Kier alpha value is -1.39. The van der Waals surface area contributed by atoms with E-state index < -0.39 is 0 Å². The molecule has 2 heterocycles. The highest BCUT2D eigenvalue weighted by Crippen LogP contribution is 2.24. The Morgan fingerprint density at radius 1 is 1.22 bits per heavy atom. The predicted molar refractivity (Wildman–Crippen MR) is 112 cm³/mol. The van der Waals surface area contributed by atoms with Gasteiger partial charge >= 0.3 is 0 Å². The molecule has 1 atom stereocenters. The van der Waals surface area contributed by atoms with Crippen LogP contribution in [0.25, 0.3) is 0 Å². The smallest absolute Gasteiger partial charge is 0.220 e. The first-order valence-corrected chi connectivity index (χ1v) is 10.7. The summed E-state index contributed by atoms with van der Waals surface area (Å²) in [5.74, 6) is 0.939. The molecule has 1 aromatic carbocycles. The van der Waals surface area contributed by atoms with Crippen molar-refractivity contribution >= 4 is 5.91 Å². The summed E-state index contributed by atoms with van der Waals surface area (Å²) in [6, 6.07) is 8.94. The minimum atomic E-state index is 0.0569. The largest absolute Gasteiger partial charge is 0.352 e. The second kappa shape index (κ2) is 9.20. The Balaban J connectivity index is 1.52. The van der Waals surface area contributed by atoms with Crippen molar-refractivity contribution in [2.24, 2.45) is 11.3 Å². The van der Waals surface area contributed by atoms with Gasteiger partial charge in [0.2, 0.25) is 5.91 Å². The number of carbonyl (C=O) groups excluding carboxylic acids is 1. The number of piperidine rings is 1. The lowest BCUT2D eigenvalue weighted by Crippen LogP contribution is -2.51. The van der Waals surface area contributed by atoms with Crippen LogP contribution in [-0.4, -0.2) is 43.0 Å². The van der Waals surface area contributed by atoms with Crippen molar-refractivity contribution in [3.05, 3.63) is 35.4 Å². The lowest BCUT2D eigenvalue weighted by molar-refractivity contribution is -0.123. The number of hydrogen-bond acceptors (Lipinski definition) is 3. The first-order valence-electron chi connectivity index (χ1n) is 10.7. The summed E-state index contributed by atoms with van der Waals surface area (Å²) in [6.07, 6.45) is 5.23. The van der Waals surface area contributed by atoms with Gasteiger partial charge in [-0.25, -0.2) is 0 Å². The zero-order valence-electron chi connectivity index (χ0n) is 17.4. The molecule has 1 unspecified atom stereocenters. The van der Waals surface area contributed by atoms with Crippen LogP contribution in [0.5, 0.6) is 0 Å². The summed E-state index contributed by atoms with van der Waals surface area (Å²) >= 11 is 0. The molecule has 0 aliphatic carbocycles. The van der Waals surface area contributed by atoms with Crippen LogP contribution in [0, 0.1) is 11.3 Å². The van der Waals surface area contributed by atoms with Crippen LogP contribution in [0.15, 0.2) is 24.3 Å². The van der Waals surface area contributed by atoms with Gasteiger partial charge in [0.05, 0.1) is 0 Å². The van der Waals surface area contributed by atoms with Crippen molar-refractivity contribution in [1.82, 2.24) is 15.5 Å². The number of hydrogen-bond donors (Lipinski definition) is 2. The first-order chi connectivity index (χ1) is 12.9. The number of fused-ring (bicyclic) bond motifs is 1. The molecule has 0 saturated carbocycles. The number of amides is 1. The molecule has 2 aliphatic rings. The van der Waals surface area contributed by atoms with Crippen LogP contribution >= 0.6 is 0 Å². The Morgan fingerprint density at radius 2 is 1.93 bits per heavy atom. The third-order valence-corrected chi connectivity index (χ3v) is 6.27. The average molecular weight is 372 g/mol. The molecule has 2 aliphatic heterocycles. The monoisotopic (exact) mass is 371 g/mol. The number of benzene rings is 1. The number of rotatable bonds is 6. The molecule has 0 radical (unpaired) electrons. The average Bonchev–Trinajstić information content (AvgIpc) is 2.66. The molecule has 27 heavy (non-hydrogen) atoms. The van der Waals surface area contributed by atoms with E-state index in [4.69, 9.17) is 0 Å². The van der Waals surface area contributed by atoms with Crippen LogP contribution < -0.4 is 10.6 Å². The number of nitrogens with zero attached hydrogens (tertiary/aromatic N) is 1. The maximum atomic E-state index is 12.6. The van der Waals surface area contributed by atoms with Crippen molar-refractivity contribution in [1.29, 1.82) is 0 Å². The quantitative estimate of drug-likeness (QED) is 0.806. The van der Waals surface area contributed by atoms with Gasteiger partial charge in [0.15, 0.2) is 0 Å². The standard InChI is InChI=1S/C23H37N3O/c1-23(2,3)21(25-22(27)9-8-18-10-13-24-14-11-18)17-26-15-12-19-6-4-5-7-20(19)16-26/h4-7,18,21,24H,8-17H2,1-3H3,(H,25,27). The van der Waals surface area contributed by atoms with Gasteiger partial charge in [-0.3, -0.25) is 9.69 Å². The molecular weight excluding hydrogens is 334 g/mol. The van der Waals surface area contributed by atoms with E-state index in [0.717, 1.165) is 45.6 Å². The van der Waals surface area contributed by atoms with E-state index in [1.165, 1.54) is 24.0 Å². The Bertz CT molecular complexity index is 616. The minimum Gasteiger partial charge on any atom is -0.352 e. The summed E-state index contributed by atoms with van der Waals surface area (Å²) in [5.41, 5.74) is 2.97. The van der Waals surface area contributed by atoms with Gasteiger partial charge in [0.1, 0.15) is 0 Å². The molecule has 2 N–H and O–H groups in total. The number of nitrogens with one attached hydrogen (secondary N) is 2. The van der Waals surface area contributed by atoms with E-state index in [9.17, 15) is 4.79 Å². The van der Waals surface area contributed by atoms with Crippen LogP contribution in [-0.2, 0) is 17.8 Å². The molecule has 1 aromatic rings. The molecule has 4 nitrogen and oxygen atoms in total. The van der Waals surface area contributed by atoms with Crippen molar-refractivity contribution in [2.75, 3.05) is 26.2 Å². The van der Waals surface area contributed by atoms with Crippen LogP contribution in [0.3, 0.4) is 0 Å². The summed E-state index contributed by atoms with van der Waals surface area (Å²) in [4.78, 5) is 15.1. The minimum absolute atomic E-state index is 0.0569. The zero-order chi connectivity index (χ0) is 19.3. The lowest BCUT2D eigenvalue weighted by atomic mass is 9.85. The fourth-order valence-electron chi connectivity index (χ4n) is 4.28. The van der Waals surface area contributed by atoms with E-state index in [1.807, 2.05) is 0 Å². The summed E-state index contributed by atoms with van der Waals surface area (Å²) in [7, 11) is 0. The highest BCUT2D eigenvalue weighted by Gasteiger charge is 2.29. The second-order valence-corrected chi connectivity index (χ2v) is 9.47. The van der Waals surface area contributed by atoms with E-state index in [-0.39, 0.29) is 17.4 Å². The van der Waals surface area contributed by atoms with E-state index in [0.29, 0.717) is 12.3 Å². The molecular formula is C23H37N3O. The van der Waals surface area contributed by atoms with Gasteiger partial charge in [0, 0.05) is 32.1 Å². The summed E-state index contributed by atoms with van der Waals surface area (Å²) < 4.78 is 0. The van der Waals surface area contributed by atoms with Gasteiger partial charge in [0.25, 0.3) is 0 Å². The first kappa shape index (κ1) is 20.3. The maximum absolute atomic E-state index is 12.6. The highest BCUT2D eigenvalue weighted by atomic mass is 16.1. The van der Waals surface area contributed by atoms with Crippen LogP contribution in [0.2, 0.25) is 0 Å². The molecule has 1 saturated heterocycles. The normalized spacial score (nSPS) is 20.1. The van der Waals surface area contributed by atoms with Gasteiger partial charge in [-0.1, -0.05) is 45.0 Å². The maximum Gasteiger partial charge on any atom is 0.220 e. The van der Waals surface area contributed by atoms with E-state index in [1.54, 1.807) is 0 Å². The lowest BCUT2D eigenvalue weighted by Gasteiger charge is -2.38. The van der Waals surface area contributed by atoms with Gasteiger partial charge in [-0.15, -0.1) is 0 Å². The second-order valence-electron chi connectivity index (χ2n) is 9.47. The van der Waals surface area contributed by atoms with Gasteiger partial charge in [-0.2, -0.15) is 0 Å². The van der Waals surface area contributed by atoms with Gasteiger partial charge in [-0.05, 0) is 61.2 Å². The fourth-order valence-corrected chi connectivity index (χ4v) is 4.28. The molecule has 0 aromatic heterocycles. The molecule has 0 spiro atoms. The van der Waals surface area contributed by atoms with Crippen LogP contribution in [0.4, 0.5) is 0 Å². The molecule has 3 rings (SSSR count). The van der Waals surface area contributed by atoms with Crippen molar-refractivity contribution in [3.8, 4) is 0 Å². The Kier molecular flexibility index (Phi) is 6.93. The van der Waals surface area contributed by atoms with Gasteiger partial charge < -0.3 is 10.6 Å². The predicted octanol–water partition coefficient (Wildman–Crippen LogP) is 3.36. The third-order valence-electron chi connectivity index (χ3n) is 6.27. The summed E-state index contributed by atoms with van der Waals surface area (Å²) in [5, 5.41) is 6.77. The molecule has 0 bridgehead atoms. The number of carbonyl (C=O) groups is 1.